The average Bonchev–Trinajstić information content (AvgIpc) is 3.34. The van der Waals surface area contributed by atoms with Crippen LogP contribution in [0, 0.1) is 6.92 Å². The zero-order valence-electron chi connectivity index (χ0n) is 20.4. The van der Waals surface area contributed by atoms with Gasteiger partial charge in [0.05, 0.1) is 0 Å². The predicted molar refractivity (Wildman–Crippen MR) is 140 cm³/mol. The molecule has 5 rings (SSSR count). The number of aromatic nitrogens is 3. The van der Waals surface area contributed by atoms with Crippen molar-refractivity contribution in [3.8, 4) is 22.8 Å². The quantitative estimate of drug-likeness (QED) is 0.413. The number of hydrogen-bond donors (Lipinski definition) is 1. The first-order chi connectivity index (χ1) is 17.6. The molecule has 1 saturated heterocycles. The largest absolute Gasteiger partial charge is 0.341 e. The summed E-state index contributed by atoms with van der Waals surface area (Å²) in [5.74, 6) is 1.12. The minimum Gasteiger partial charge on any atom is -0.341 e. The zero-order valence-corrected chi connectivity index (χ0v) is 20.4. The molecule has 1 aromatic heterocycles. The van der Waals surface area contributed by atoms with E-state index in [2.05, 4.69) is 5.32 Å². The maximum absolute atomic E-state index is 13.0. The van der Waals surface area contributed by atoms with Crippen LogP contribution < -0.4 is 5.32 Å². The number of aryl methyl sites for hydroxylation is 1. The van der Waals surface area contributed by atoms with Gasteiger partial charge >= 0.3 is 0 Å². The summed E-state index contributed by atoms with van der Waals surface area (Å²) in [6, 6.07) is 24.7. The van der Waals surface area contributed by atoms with Crippen LogP contribution in [0.2, 0.25) is 0 Å². The maximum atomic E-state index is 13.0. The van der Waals surface area contributed by atoms with Crippen LogP contribution in [0.4, 0.5) is 5.69 Å². The Kier molecular flexibility index (Phi) is 6.89. The average molecular weight is 480 g/mol. The summed E-state index contributed by atoms with van der Waals surface area (Å²) in [7, 11) is 0. The second-order valence-corrected chi connectivity index (χ2v) is 9.07. The Morgan fingerprint density at radius 2 is 1.53 bits per heavy atom. The van der Waals surface area contributed by atoms with E-state index in [1.54, 1.807) is 4.68 Å². The molecular weight excluding hydrogens is 450 g/mol. The molecule has 0 spiro atoms. The number of anilines is 1. The number of rotatable bonds is 6. The summed E-state index contributed by atoms with van der Waals surface area (Å²) in [6.07, 6.45) is 3.27. The third-order valence-corrected chi connectivity index (χ3v) is 6.49. The monoisotopic (exact) mass is 479 g/mol. The summed E-state index contributed by atoms with van der Waals surface area (Å²) in [6.45, 7) is 3.68. The molecule has 0 saturated carbocycles. The molecule has 1 aliphatic rings. The molecular formula is C29H29N5O2. The van der Waals surface area contributed by atoms with Crippen LogP contribution >= 0.6 is 0 Å². The molecule has 36 heavy (non-hydrogen) atoms. The van der Waals surface area contributed by atoms with E-state index in [1.807, 2.05) is 90.7 Å². The number of hydrogen-bond acceptors (Lipinski definition) is 4. The van der Waals surface area contributed by atoms with Gasteiger partial charge in [-0.3, -0.25) is 9.59 Å². The van der Waals surface area contributed by atoms with E-state index in [4.69, 9.17) is 10.1 Å². The first kappa shape index (κ1) is 23.5. The lowest BCUT2D eigenvalue weighted by Crippen LogP contribution is -2.38. The lowest BCUT2D eigenvalue weighted by Gasteiger charge is -2.26. The predicted octanol–water partition coefficient (Wildman–Crippen LogP) is 5.19. The Bertz CT molecular complexity index is 1360. The molecule has 0 radical (unpaired) electrons. The fourth-order valence-electron chi connectivity index (χ4n) is 4.48. The summed E-state index contributed by atoms with van der Waals surface area (Å²) < 4.78 is 1.70. The van der Waals surface area contributed by atoms with Gasteiger partial charge in [0.2, 0.25) is 5.91 Å². The van der Waals surface area contributed by atoms with E-state index in [-0.39, 0.29) is 18.4 Å². The summed E-state index contributed by atoms with van der Waals surface area (Å²) in [5, 5.41) is 7.66. The van der Waals surface area contributed by atoms with Gasteiger partial charge in [-0.05, 0) is 62.1 Å². The first-order valence-electron chi connectivity index (χ1n) is 12.3. The van der Waals surface area contributed by atoms with Gasteiger partial charge in [0.1, 0.15) is 6.54 Å². The second kappa shape index (κ2) is 10.6. The molecule has 7 nitrogen and oxygen atoms in total. The number of piperidine rings is 1. The molecule has 7 heteroatoms. The number of benzene rings is 3. The lowest BCUT2D eigenvalue weighted by atomic mass is 10.1. The van der Waals surface area contributed by atoms with Crippen molar-refractivity contribution in [1.29, 1.82) is 0 Å². The molecule has 1 fully saturated rings. The number of amides is 2. The van der Waals surface area contributed by atoms with Crippen LogP contribution in [0.1, 0.15) is 35.2 Å². The molecule has 0 bridgehead atoms. The van der Waals surface area contributed by atoms with E-state index in [9.17, 15) is 9.59 Å². The van der Waals surface area contributed by atoms with Crippen LogP contribution in [-0.4, -0.2) is 44.6 Å². The molecule has 0 unspecified atom stereocenters. The topological polar surface area (TPSA) is 80.1 Å². The molecule has 3 aromatic carbocycles. The summed E-state index contributed by atoms with van der Waals surface area (Å²) >= 11 is 0. The van der Waals surface area contributed by atoms with E-state index in [0.717, 1.165) is 42.6 Å². The minimum absolute atomic E-state index is 0.0672. The van der Waals surface area contributed by atoms with E-state index >= 15 is 0 Å². The Morgan fingerprint density at radius 3 is 2.25 bits per heavy atom. The summed E-state index contributed by atoms with van der Waals surface area (Å²) in [5.41, 5.74) is 3.98. The van der Waals surface area contributed by atoms with Crippen LogP contribution in [0.5, 0.6) is 0 Å². The van der Waals surface area contributed by atoms with Crippen molar-refractivity contribution in [1.82, 2.24) is 19.7 Å². The Morgan fingerprint density at radius 1 is 0.833 bits per heavy atom. The van der Waals surface area contributed by atoms with Crippen LogP contribution in [0.15, 0.2) is 78.9 Å². The molecule has 2 amide bonds. The molecule has 0 aliphatic carbocycles. The van der Waals surface area contributed by atoms with Crippen molar-refractivity contribution in [2.45, 2.75) is 32.7 Å². The van der Waals surface area contributed by atoms with Crippen molar-refractivity contribution in [2.24, 2.45) is 0 Å². The molecule has 0 atom stereocenters. The lowest BCUT2D eigenvalue weighted by molar-refractivity contribution is -0.132. The van der Waals surface area contributed by atoms with Crippen molar-refractivity contribution in [3.63, 3.8) is 0 Å². The van der Waals surface area contributed by atoms with Crippen molar-refractivity contribution < 1.29 is 9.59 Å². The Balaban J connectivity index is 1.38. The van der Waals surface area contributed by atoms with Crippen molar-refractivity contribution in [2.75, 3.05) is 18.4 Å². The maximum Gasteiger partial charge on any atom is 0.255 e. The highest BCUT2D eigenvalue weighted by Crippen LogP contribution is 2.24. The standard InChI is InChI=1S/C29H29N5O2/c1-21-10-6-7-13-25(21)29(36)30-24-16-14-22(15-17-24)27-31-28(23-11-4-2-5-12-23)34(32-27)20-26(35)33-18-8-3-9-19-33/h2,4-7,10-17H,3,8-9,18-20H2,1H3,(H,30,36). The Labute approximate surface area is 210 Å². The normalized spacial score (nSPS) is 13.4. The number of carbonyl (C=O) groups excluding carboxylic acids is 2. The molecule has 1 aliphatic heterocycles. The van der Waals surface area contributed by atoms with E-state index in [1.165, 1.54) is 6.42 Å². The van der Waals surface area contributed by atoms with Crippen molar-refractivity contribution >= 4 is 17.5 Å². The SMILES string of the molecule is Cc1ccccc1C(=O)Nc1ccc(-c2nc(-c3ccccc3)n(CC(=O)N3CCCCC3)n2)cc1. The van der Waals surface area contributed by atoms with Gasteiger partial charge in [-0.2, -0.15) is 0 Å². The number of nitrogens with one attached hydrogen (secondary N) is 1. The van der Waals surface area contributed by atoms with Crippen molar-refractivity contribution in [3.05, 3.63) is 90.0 Å². The second-order valence-electron chi connectivity index (χ2n) is 9.07. The zero-order chi connectivity index (χ0) is 24.9. The fourth-order valence-corrected chi connectivity index (χ4v) is 4.48. The van der Waals surface area contributed by atoms with Crippen LogP contribution in [0.25, 0.3) is 22.8 Å². The third-order valence-electron chi connectivity index (χ3n) is 6.49. The van der Waals surface area contributed by atoms with Gasteiger partial charge in [0.25, 0.3) is 5.91 Å². The minimum atomic E-state index is -0.147. The highest BCUT2D eigenvalue weighted by molar-refractivity contribution is 6.05. The van der Waals surface area contributed by atoms with Gasteiger partial charge in [-0.15, -0.1) is 5.10 Å². The molecule has 1 N–H and O–H groups in total. The van der Waals surface area contributed by atoms with E-state index in [0.29, 0.717) is 22.9 Å². The smallest absolute Gasteiger partial charge is 0.255 e. The number of carbonyl (C=O) groups is 2. The number of nitrogens with zero attached hydrogens (tertiary/aromatic N) is 4. The van der Waals surface area contributed by atoms with Gasteiger partial charge in [-0.25, -0.2) is 9.67 Å². The Hall–Kier alpha value is -4.26. The fraction of sp³-hybridized carbons (Fsp3) is 0.241. The first-order valence-corrected chi connectivity index (χ1v) is 12.3. The number of likely N-dealkylation sites (tertiary alicyclic amines) is 1. The molecule has 4 aromatic rings. The summed E-state index contributed by atoms with van der Waals surface area (Å²) in [4.78, 5) is 32.3. The van der Waals surface area contributed by atoms with Crippen LogP contribution in [0.3, 0.4) is 0 Å². The van der Waals surface area contributed by atoms with Gasteiger partial charge < -0.3 is 10.2 Å². The van der Waals surface area contributed by atoms with Gasteiger partial charge in [-0.1, -0.05) is 48.5 Å². The molecule has 2 heterocycles. The highest BCUT2D eigenvalue weighted by Gasteiger charge is 2.21. The van der Waals surface area contributed by atoms with Gasteiger partial charge in [0, 0.05) is 35.5 Å². The third kappa shape index (κ3) is 5.20. The van der Waals surface area contributed by atoms with Gasteiger partial charge in [0.15, 0.2) is 11.6 Å². The van der Waals surface area contributed by atoms with E-state index < -0.39 is 0 Å². The van der Waals surface area contributed by atoms with Crippen LogP contribution in [-0.2, 0) is 11.3 Å². The highest BCUT2D eigenvalue weighted by atomic mass is 16.2. The molecule has 182 valence electrons.